The van der Waals surface area contributed by atoms with Gasteiger partial charge in [-0.3, -0.25) is 18.3 Å². The quantitative estimate of drug-likeness (QED) is 0.0322. The van der Waals surface area contributed by atoms with E-state index in [1.807, 2.05) is 40.0 Å². The minimum atomic E-state index is -3.88. The molecule has 2 atom stereocenters. The normalized spacial score (nSPS) is 13.9. The van der Waals surface area contributed by atoms with Gasteiger partial charge in [0.1, 0.15) is 17.8 Å². The zero-order valence-corrected chi connectivity index (χ0v) is 31.2. The number of azide groups is 1. The molecule has 2 rings (SSSR count). The molecule has 0 aliphatic rings. The third-order valence-electron chi connectivity index (χ3n) is 7.28. The number of hydrogen-bond acceptors (Lipinski definition) is 11. The molecule has 0 heterocycles. The molecule has 0 saturated carbocycles. The highest BCUT2D eigenvalue weighted by atomic mass is 32.4. The fourth-order valence-corrected chi connectivity index (χ4v) is 9.46. The SMILES string of the molecule is CCC(C)(N=[N+]=[N-])Oc1ccc(/C=N/N(C)[P+](=S)C(CC)(CC)Oc2ccc(N(CP(=O)(OC)OC)P(=O)(OC)OC)cc2)cc1. The second-order valence-corrected chi connectivity index (χ2v) is 17.4. The molecule has 254 valence electrons. The zero-order chi connectivity index (χ0) is 34.6. The monoisotopic (exact) mass is 717 g/mol. The summed E-state index contributed by atoms with van der Waals surface area (Å²) in [6.45, 7) is 6.29. The van der Waals surface area contributed by atoms with Crippen molar-refractivity contribution in [1.29, 1.82) is 0 Å². The molecule has 0 aliphatic carbocycles. The largest absolute Gasteiger partial charge is 0.481 e. The number of anilines is 1. The Morgan fingerprint density at radius 1 is 0.891 bits per heavy atom. The summed E-state index contributed by atoms with van der Waals surface area (Å²) in [5.41, 5.74) is 9.07. The number of hydrogen-bond donors (Lipinski definition) is 0. The standard InChI is InChI=1S/C28H44N6O8P3S/c1-10-27(4,31-32-29)41-25-17-13-23(14-18-25)21-30-33(5)43(46)28(11-2,12-3)42-26-19-15-24(16-20-26)34(45(36,39-8)40-9)22-44(35,37-6)38-7/h13-21H,10-12,22H2,1-9H3/q+1/b30-21+. The number of rotatable bonds is 20. The van der Waals surface area contributed by atoms with Crippen molar-refractivity contribution in [3.05, 3.63) is 64.5 Å². The van der Waals surface area contributed by atoms with E-state index < -0.39 is 33.3 Å². The van der Waals surface area contributed by atoms with Crippen LogP contribution in [-0.2, 0) is 39.0 Å². The molecular formula is C28H44N6O8P3S+. The van der Waals surface area contributed by atoms with Gasteiger partial charge in [0.25, 0.3) is 5.34 Å². The molecule has 0 radical (unpaired) electrons. The third kappa shape index (κ3) is 9.97. The minimum Gasteiger partial charge on any atom is -0.481 e. The molecule has 0 aromatic heterocycles. The lowest BCUT2D eigenvalue weighted by Gasteiger charge is -2.32. The number of ether oxygens (including phenoxy) is 2. The first-order chi connectivity index (χ1) is 21.8. The van der Waals surface area contributed by atoms with Crippen LogP contribution < -0.4 is 14.1 Å². The topological polar surface area (TPSA) is 157 Å². The maximum Gasteiger partial charge on any atom is 0.435 e. The molecular weight excluding hydrogens is 673 g/mol. The second-order valence-electron chi connectivity index (χ2n) is 10.00. The highest BCUT2D eigenvalue weighted by molar-refractivity contribution is 8.04. The predicted molar refractivity (Wildman–Crippen MR) is 186 cm³/mol. The first kappa shape index (κ1) is 39.6. The Labute approximate surface area is 277 Å². The molecule has 0 aliphatic heterocycles. The Hall–Kier alpha value is -2.56. The summed E-state index contributed by atoms with van der Waals surface area (Å²) in [6.07, 6.45) is 3.09. The molecule has 0 fully saturated rings. The van der Waals surface area contributed by atoms with E-state index >= 15 is 0 Å². The van der Waals surface area contributed by atoms with Gasteiger partial charge in [-0.1, -0.05) is 20.8 Å². The lowest BCUT2D eigenvalue weighted by atomic mass is 10.2. The summed E-state index contributed by atoms with van der Waals surface area (Å²) < 4.78 is 62.2. The van der Waals surface area contributed by atoms with Crippen LogP contribution in [0.4, 0.5) is 5.69 Å². The number of hydrazone groups is 1. The Morgan fingerprint density at radius 3 is 1.87 bits per heavy atom. The van der Waals surface area contributed by atoms with Crippen LogP contribution in [-0.4, -0.2) is 63.8 Å². The van der Waals surface area contributed by atoms with E-state index in [-0.39, 0.29) is 6.29 Å². The molecule has 0 bridgehead atoms. The molecule has 0 amide bonds. The highest BCUT2D eigenvalue weighted by Crippen LogP contribution is 2.59. The van der Waals surface area contributed by atoms with Gasteiger partial charge in [-0.15, -0.1) is 9.88 Å². The van der Waals surface area contributed by atoms with E-state index in [1.54, 1.807) is 54.3 Å². The van der Waals surface area contributed by atoms with Gasteiger partial charge >= 0.3 is 22.2 Å². The Balaban J connectivity index is 2.27. The molecule has 14 nitrogen and oxygen atoms in total. The van der Waals surface area contributed by atoms with Crippen LogP contribution in [0.2, 0.25) is 0 Å². The highest BCUT2D eigenvalue weighted by Gasteiger charge is 2.48. The first-order valence-corrected chi connectivity index (χ1v) is 19.9. The maximum atomic E-state index is 13.4. The van der Waals surface area contributed by atoms with Crippen molar-refractivity contribution in [3.63, 3.8) is 0 Å². The molecule has 2 aromatic carbocycles. The van der Waals surface area contributed by atoms with Gasteiger partial charge < -0.3 is 18.5 Å². The van der Waals surface area contributed by atoms with Gasteiger partial charge in [0.2, 0.25) is 0 Å². The third-order valence-corrected chi connectivity index (χ3v) is 14.9. The summed E-state index contributed by atoms with van der Waals surface area (Å²) in [7, 11) is -0.735. The molecule has 0 saturated heterocycles. The zero-order valence-electron chi connectivity index (χ0n) is 27.7. The van der Waals surface area contributed by atoms with Crippen LogP contribution in [0.5, 0.6) is 11.5 Å². The minimum absolute atomic E-state index is 0.378. The van der Waals surface area contributed by atoms with E-state index in [1.165, 1.54) is 33.1 Å². The molecule has 0 spiro atoms. The van der Waals surface area contributed by atoms with Crippen LogP contribution in [0.25, 0.3) is 10.4 Å². The predicted octanol–water partition coefficient (Wildman–Crippen LogP) is 8.87. The smallest absolute Gasteiger partial charge is 0.435 e. The van der Waals surface area contributed by atoms with Gasteiger partial charge in [-0.2, -0.15) is 0 Å². The Bertz CT molecular complexity index is 1460. The van der Waals surface area contributed by atoms with Gasteiger partial charge in [0.05, 0.1) is 13.3 Å². The van der Waals surface area contributed by atoms with E-state index in [4.69, 9.17) is 44.9 Å². The van der Waals surface area contributed by atoms with Crippen molar-refractivity contribution < 1.29 is 36.7 Å². The van der Waals surface area contributed by atoms with Gasteiger partial charge in [-0.05, 0) is 78.1 Å². The number of benzene rings is 2. The van der Waals surface area contributed by atoms with Crippen LogP contribution in [0, 0.1) is 0 Å². The van der Waals surface area contributed by atoms with Crippen molar-refractivity contribution in [2.45, 2.75) is 58.0 Å². The number of nitrogens with zero attached hydrogens (tertiary/aromatic N) is 6. The Morgan fingerprint density at radius 2 is 1.41 bits per heavy atom. The molecule has 2 aromatic rings. The van der Waals surface area contributed by atoms with Crippen LogP contribution in [0.3, 0.4) is 0 Å². The van der Waals surface area contributed by atoms with Crippen molar-refractivity contribution in [1.82, 2.24) is 4.78 Å². The lowest BCUT2D eigenvalue weighted by Crippen LogP contribution is -2.33. The van der Waals surface area contributed by atoms with Gasteiger partial charge in [-0.25, -0.2) is 4.57 Å². The molecule has 46 heavy (non-hydrogen) atoms. The van der Waals surface area contributed by atoms with E-state index in [0.29, 0.717) is 36.4 Å². The Kier molecular flexibility index (Phi) is 15.1. The average Bonchev–Trinajstić information content (AvgIpc) is 3.08. The van der Waals surface area contributed by atoms with Gasteiger partial charge in [0, 0.05) is 51.9 Å². The fraction of sp³-hybridized carbons (Fsp3) is 0.536. The summed E-state index contributed by atoms with van der Waals surface area (Å²) in [5, 5.41) is 7.64. The van der Waals surface area contributed by atoms with Crippen LogP contribution in [0.1, 0.15) is 52.5 Å². The van der Waals surface area contributed by atoms with E-state index in [0.717, 1.165) is 5.56 Å². The fourth-order valence-electron chi connectivity index (χ4n) is 4.13. The summed E-state index contributed by atoms with van der Waals surface area (Å²) in [6, 6.07) is 14.0. The molecule has 18 heteroatoms. The summed E-state index contributed by atoms with van der Waals surface area (Å²) in [5.74, 6) is 1.11. The summed E-state index contributed by atoms with van der Waals surface area (Å²) >= 11 is 6.01. The summed E-state index contributed by atoms with van der Waals surface area (Å²) in [4.78, 5) is 2.88. The van der Waals surface area contributed by atoms with Crippen molar-refractivity contribution in [3.8, 4) is 11.5 Å². The van der Waals surface area contributed by atoms with Crippen LogP contribution in [0.15, 0.2) is 58.7 Å². The first-order valence-electron chi connectivity index (χ1n) is 14.3. The van der Waals surface area contributed by atoms with E-state index in [2.05, 4.69) is 15.1 Å². The van der Waals surface area contributed by atoms with Crippen LogP contribution >= 0.6 is 22.2 Å². The van der Waals surface area contributed by atoms with Crippen molar-refractivity contribution in [2.24, 2.45) is 10.2 Å². The average molecular weight is 718 g/mol. The van der Waals surface area contributed by atoms with Crippen molar-refractivity contribution in [2.75, 3.05) is 46.4 Å². The maximum absolute atomic E-state index is 13.4. The molecule has 0 N–H and O–H groups in total. The van der Waals surface area contributed by atoms with Gasteiger partial charge in [0.15, 0.2) is 17.5 Å². The molecule has 2 unspecified atom stereocenters. The second kappa shape index (κ2) is 17.6. The van der Waals surface area contributed by atoms with E-state index in [9.17, 15) is 9.13 Å². The van der Waals surface area contributed by atoms with Crippen molar-refractivity contribution >= 4 is 45.9 Å². The lowest BCUT2D eigenvalue weighted by molar-refractivity contribution is 0.0921.